The van der Waals surface area contributed by atoms with Crippen LogP contribution in [0.4, 0.5) is 5.69 Å². The van der Waals surface area contributed by atoms with Crippen LogP contribution in [0.3, 0.4) is 0 Å². The minimum atomic E-state index is -0.290. The molecule has 9 nitrogen and oxygen atoms in total. The van der Waals surface area contributed by atoms with Crippen LogP contribution in [0.25, 0.3) is 0 Å². The molecule has 2 amide bonds. The molecule has 3 rings (SSSR count). The first kappa shape index (κ1) is 25.8. The molecular formula is C25H29N5O4S. The lowest BCUT2D eigenvalue weighted by atomic mass is 10.1. The van der Waals surface area contributed by atoms with Crippen LogP contribution >= 0.6 is 11.8 Å². The summed E-state index contributed by atoms with van der Waals surface area (Å²) in [5, 5.41) is 14.7. The van der Waals surface area contributed by atoms with Crippen molar-refractivity contribution in [3.05, 3.63) is 72.1 Å². The molecular weight excluding hydrogens is 466 g/mol. The molecule has 3 aromatic rings. The van der Waals surface area contributed by atoms with Crippen LogP contribution in [-0.4, -0.2) is 46.6 Å². The Labute approximate surface area is 208 Å². The number of aryl methyl sites for hydroxylation is 1. The third-order valence-electron chi connectivity index (χ3n) is 5.14. The summed E-state index contributed by atoms with van der Waals surface area (Å²) in [7, 11) is 3.05. The average molecular weight is 496 g/mol. The van der Waals surface area contributed by atoms with Gasteiger partial charge >= 0.3 is 0 Å². The van der Waals surface area contributed by atoms with Gasteiger partial charge in [-0.1, -0.05) is 36.9 Å². The van der Waals surface area contributed by atoms with Crippen LogP contribution in [0.5, 0.6) is 11.5 Å². The lowest BCUT2D eigenvalue weighted by molar-refractivity contribution is -0.113. The van der Waals surface area contributed by atoms with Gasteiger partial charge < -0.3 is 24.7 Å². The summed E-state index contributed by atoms with van der Waals surface area (Å²) >= 11 is 1.27. The highest BCUT2D eigenvalue weighted by Crippen LogP contribution is 2.27. The first-order chi connectivity index (χ1) is 17.0. The van der Waals surface area contributed by atoms with E-state index in [0.717, 1.165) is 12.1 Å². The van der Waals surface area contributed by atoms with Gasteiger partial charge in [0, 0.05) is 17.8 Å². The van der Waals surface area contributed by atoms with E-state index in [4.69, 9.17) is 9.47 Å². The number of hydrogen-bond acceptors (Lipinski definition) is 7. The number of hydrogen-bond donors (Lipinski definition) is 2. The minimum Gasteiger partial charge on any atom is -0.493 e. The van der Waals surface area contributed by atoms with Crippen molar-refractivity contribution < 1.29 is 19.1 Å². The number of allylic oxidation sites excluding steroid dienone is 1. The number of rotatable bonds is 12. The molecule has 2 N–H and O–H groups in total. The second-order valence-electron chi connectivity index (χ2n) is 7.44. The Morgan fingerprint density at radius 3 is 2.49 bits per heavy atom. The number of aromatic nitrogens is 3. The van der Waals surface area contributed by atoms with E-state index in [1.165, 1.54) is 31.5 Å². The summed E-state index contributed by atoms with van der Waals surface area (Å²) in [5.41, 5.74) is 2.38. The van der Waals surface area contributed by atoms with Gasteiger partial charge in [-0.15, -0.1) is 16.8 Å². The third-order valence-corrected chi connectivity index (χ3v) is 6.10. The molecule has 0 spiro atoms. The first-order valence-corrected chi connectivity index (χ1v) is 12.0. The number of nitrogens with zero attached hydrogens (tertiary/aromatic N) is 3. The molecule has 0 unspecified atom stereocenters. The Kier molecular flexibility index (Phi) is 9.31. The number of carbonyl (C=O) groups excluding carboxylic acids is 2. The fraction of sp³-hybridized carbons (Fsp3) is 0.280. The molecule has 184 valence electrons. The fourth-order valence-electron chi connectivity index (χ4n) is 3.26. The lowest BCUT2D eigenvalue weighted by Gasteiger charge is -2.11. The monoisotopic (exact) mass is 495 g/mol. The molecule has 1 aromatic heterocycles. The third kappa shape index (κ3) is 6.86. The Bertz CT molecular complexity index is 1180. The number of methoxy groups -OCH3 is 2. The van der Waals surface area contributed by atoms with Gasteiger partial charge in [0.1, 0.15) is 0 Å². The predicted molar refractivity (Wildman–Crippen MR) is 136 cm³/mol. The van der Waals surface area contributed by atoms with Gasteiger partial charge in [-0.3, -0.25) is 9.59 Å². The van der Waals surface area contributed by atoms with Crippen molar-refractivity contribution in [1.82, 2.24) is 20.1 Å². The SMILES string of the molecule is C=CCn1c(CNC(=O)c2ccc(OC)c(OC)c2)nnc1SCC(=O)Nc1ccc(CC)cc1. The van der Waals surface area contributed by atoms with Crippen LogP contribution in [0.1, 0.15) is 28.7 Å². The molecule has 0 aliphatic carbocycles. The highest BCUT2D eigenvalue weighted by molar-refractivity contribution is 7.99. The molecule has 2 aromatic carbocycles. The summed E-state index contributed by atoms with van der Waals surface area (Å²) in [6.07, 6.45) is 2.66. The lowest BCUT2D eigenvalue weighted by Crippen LogP contribution is -2.25. The number of amides is 2. The molecule has 10 heteroatoms. The zero-order chi connectivity index (χ0) is 25.2. The topological polar surface area (TPSA) is 107 Å². The van der Waals surface area contributed by atoms with Gasteiger partial charge in [0.05, 0.1) is 26.5 Å². The maximum absolute atomic E-state index is 12.6. The van der Waals surface area contributed by atoms with Crippen molar-refractivity contribution in [3.63, 3.8) is 0 Å². The smallest absolute Gasteiger partial charge is 0.251 e. The Morgan fingerprint density at radius 1 is 1.09 bits per heavy atom. The second-order valence-corrected chi connectivity index (χ2v) is 8.38. The van der Waals surface area contributed by atoms with Crippen molar-refractivity contribution in [1.29, 1.82) is 0 Å². The predicted octanol–water partition coefficient (Wildman–Crippen LogP) is 3.70. The van der Waals surface area contributed by atoms with Gasteiger partial charge in [0.15, 0.2) is 22.5 Å². The number of anilines is 1. The van der Waals surface area contributed by atoms with E-state index in [-0.39, 0.29) is 24.1 Å². The first-order valence-electron chi connectivity index (χ1n) is 11.0. The molecule has 0 bridgehead atoms. The quantitative estimate of drug-likeness (QED) is 0.291. The highest BCUT2D eigenvalue weighted by Gasteiger charge is 2.16. The number of thioether (sulfide) groups is 1. The molecule has 0 aliphatic heterocycles. The molecule has 35 heavy (non-hydrogen) atoms. The summed E-state index contributed by atoms with van der Waals surface area (Å²) < 4.78 is 12.3. The Morgan fingerprint density at radius 2 is 1.83 bits per heavy atom. The van der Waals surface area contributed by atoms with Crippen molar-refractivity contribution in [2.75, 3.05) is 25.3 Å². The number of ether oxygens (including phenoxy) is 2. The zero-order valence-electron chi connectivity index (χ0n) is 20.0. The molecule has 0 atom stereocenters. The van der Waals surface area contributed by atoms with E-state index in [1.54, 1.807) is 24.3 Å². The largest absolute Gasteiger partial charge is 0.493 e. The fourth-order valence-corrected chi connectivity index (χ4v) is 4.03. The van der Waals surface area contributed by atoms with Crippen LogP contribution in [-0.2, 0) is 24.3 Å². The number of nitrogens with one attached hydrogen (secondary N) is 2. The second kappa shape index (κ2) is 12.6. The summed E-state index contributed by atoms with van der Waals surface area (Å²) in [5.74, 6) is 1.30. The van der Waals surface area contributed by atoms with E-state index >= 15 is 0 Å². The van der Waals surface area contributed by atoms with Crippen molar-refractivity contribution in [2.24, 2.45) is 0 Å². The van der Waals surface area contributed by atoms with Gasteiger partial charge in [-0.2, -0.15) is 0 Å². The van der Waals surface area contributed by atoms with E-state index in [9.17, 15) is 9.59 Å². The maximum atomic E-state index is 12.6. The van der Waals surface area contributed by atoms with Crippen LogP contribution in [0.2, 0.25) is 0 Å². The molecule has 0 fully saturated rings. The number of benzene rings is 2. The maximum Gasteiger partial charge on any atom is 0.251 e. The molecule has 0 aliphatic rings. The van der Waals surface area contributed by atoms with Crippen molar-refractivity contribution in [3.8, 4) is 11.5 Å². The minimum absolute atomic E-state index is 0.143. The van der Waals surface area contributed by atoms with E-state index in [1.807, 2.05) is 28.8 Å². The number of carbonyl (C=O) groups is 2. The van der Waals surface area contributed by atoms with Crippen molar-refractivity contribution >= 4 is 29.3 Å². The summed E-state index contributed by atoms with van der Waals surface area (Å²) in [4.78, 5) is 25.0. The van der Waals surface area contributed by atoms with Gasteiger partial charge in [0.25, 0.3) is 5.91 Å². The van der Waals surface area contributed by atoms with E-state index in [0.29, 0.717) is 34.6 Å². The molecule has 1 heterocycles. The van der Waals surface area contributed by atoms with Gasteiger partial charge in [-0.25, -0.2) is 0 Å². The average Bonchev–Trinajstić information content (AvgIpc) is 3.27. The van der Waals surface area contributed by atoms with Gasteiger partial charge in [0.2, 0.25) is 5.91 Å². The van der Waals surface area contributed by atoms with Crippen LogP contribution in [0, 0.1) is 0 Å². The summed E-state index contributed by atoms with van der Waals surface area (Å²) in [6.45, 7) is 6.46. The molecule has 0 saturated carbocycles. The van der Waals surface area contributed by atoms with Crippen molar-refractivity contribution in [2.45, 2.75) is 31.6 Å². The molecule has 0 saturated heterocycles. The zero-order valence-corrected chi connectivity index (χ0v) is 20.9. The highest BCUT2D eigenvalue weighted by atomic mass is 32.2. The standard InChI is InChI=1S/C25H29N5O4S/c1-5-13-30-22(15-26-24(32)18-9-12-20(33-3)21(14-18)34-4)28-29-25(30)35-16-23(31)27-19-10-7-17(6-2)8-11-19/h5,7-12,14H,1,6,13,15-16H2,2-4H3,(H,26,32)(H,27,31). The molecule has 0 radical (unpaired) electrons. The Hall–Kier alpha value is -3.79. The van der Waals surface area contributed by atoms with Gasteiger partial charge in [-0.05, 0) is 42.3 Å². The Balaban J connectivity index is 1.60. The van der Waals surface area contributed by atoms with E-state index < -0.39 is 0 Å². The normalized spacial score (nSPS) is 10.5. The van der Waals surface area contributed by atoms with Crippen LogP contribution in [0.15, 0.2) is 60.3 Å². The van der Waals surface area contributed by atoms with Crippen LogP contribution < -0.4 is 20.1 Å². The van der Waals surface area contributed by atoms with E-state index in [2.05, 4.69) is 34.3 Å². The summed E-state index contributed by atoms with van der Waals surface area (Å²) in [6, 6.07) is 12.7.